The lowest BCUT2D eigenvalue weighted by atomic mass is 10.1. The van der Waals surface area contributed by atoms with Gasteiger partial charge in [-0.3, -0.25) is 9.78 Å². The number of benzene rings is 1. The second kappa shape index (κ2) is 8.68. The molecule has 0 bridgehead atoms. The Morgan fingerprint density at radius 3 is 2.91 bits per heavy atom. The Kier molecular flexibility index (Phi) is 6.29. The van der Waals surface area contributed by atoms with Gasteiger partial charge in [0.1, 0.15) is 0 Å². The number of carbonyl (C=O) groups is 2. The molecule has 0 aliphatic rings. The molecule has 1 N–H and O–H groups in total. The first-order valence-electron chi connectivity index (χ1n) is 7.66. The van der Waals surface area contributed by atoms with Crippen molar-refractivity contribution in [2.75, 3.05) is 13.2 Å². The number of nitrogens with one attached hydrogen (secondary N) is 1. The van der Waals surface area contributed by atoms with E-state index in [-0.39, 0.29) is 12.5 Å². The molecule has 5 nitrogen and oxygen atoms in total. The Morgan fingerprint density at radius 1 is 1.26 bits per heavy atom. The third-order valence-electron chi connectivity index (χ3n) is 3.26. The van der Waals surface area contributed by atoms with Crippen molar-refractivity contribution in [1.29, 1.82) is 0 Å². The summed E-state index contributed by atoms with van der Waals surface area (Å²) in [5, 5.41) is 3.69. The number of pyridine rings is 1. The van der Waals surface area contributed by atoms with Crippen molar-refractivity contribution in [3.63, 3.8) is 0 Å². The van der Waals surface area contributed by atoms with Crippen LogP contribution in [0.5, 0.6) is 0 Å². The number of hydrogen-bond acceptors (Lipinski definition) is 4. The molecule has 0 saturated heterocycles. The molecule has 1 aromatic heterocycles. The summed E-state index contributed by atoms with van der Waals surface area (Å²) in [4.78, 5) is 27.4. The molecule has 2 rings (SSSR count). The number of nitrogens with zero attached hydrogens (tertiary/aromatic N) is 1. The summed E-state index contributed by atoms with van der Waals surface area (Å²) in [5.74, 6) is -0.837. The molecule has 5 heteroatoms. The fourth-order valence-corrected chi connectivity index (χ4v) is 2.06. The van der Waals surface area contributed by atoms with Crippen LogP contribution in [0.3, 0.4) is 0 Å². The van der Waals surface area contributed by atoms with Gasteiger partial charge in [0.15, 0.2) is 6.61 Å². The number of amides is 1. The molecule has 0 unspecified atom stereocenters. The second-order valence-electron chi connectivity index (χ2n) is 5.07. The smallest absolute Gasteiger partial charge is 0.331 e. The van der Waals surface area contributed by atoms with Crippen molar-refractivity contribution in [1.82, 2.24) is 10.3 Å². The molecule has 23 heavy (non-hydrogen) atoms. The van der Waals surface area contributed by atoms with Crippen molar-refractivity contribution in [2.45, 2.75) is 19.8 Å². The van der Waals surface area contributed by atoms with Gasteiger partial charge in [0.25, 0.3) is 5.91 Å². The van der Waals surface area contributed by atoms with Gasteiger partial charge in [0.2, 0.25) is 0 Å². The number of rotatable bonds is 7. The van der Waals surface area contributed by atoms with Crippen molar-refractivity contribution in [3.8, 4) is 0 Å². The van der Waals surface area contributed by atoms with Crippen molar-refractivity contribution >= 4 is 28.9 Å². The van der Waals surface area contributed by atoms with E-state index in [0.29, 0.717) is 6.54 Å². The predicted molar refractivity (Wildman–Crippen MR) is 89.7 cm³/mol. The Morgan fingerprint density at radius 2 is 2.09 bits per heavy atom. The van der Waals surface area contributed by atoms with Gasteiger partial charge in [-0.15, -0.1) is 0 Å². The van der Waals surface area contributed by atoms with E-state index < -0.39 is 5.97 Å². The zero-order valence-corrected chi connectivity index (χ0v) is 13.1. The molecular formula is C18H20N2O3. The second-order valence-corrected chi connectivity index (χ2v) is 5.07. The first kappa shape index (κ1) is 16.7. The molecular weight excluding hydrogens is 292 g/mol. The molecule has 0 saturated carbocycles. The minimum absolute atomic E-state index is 0.263. The molecule has 2 aromatic rings. The van der Waals surface area contributed by atoms with E-state index >= 15 is 0 Å². The zero-order chi connectivity index (χ0) is 16.5. The first-order valence-corrected chi connectivity index (χ1v) is 7.66. The van der Waals surface area contributed by atoms with Gasteiger partial charge < -0.3 is 10.1 Å². The van der Waals surface area contributed by atoms with Gasteiger partial charge in [-0.05, 0) is 18.6 Å². The van der Waals surface area contributed by atoms with E-state index in [2.05, 4.69) is 10.3 Å². The maximum absolute atomic E-state index is 11.7. The van der Waals surface area contributed by atoms with Crippen LogP contribution in [0.2, 0.25) is 0 Å². The molecule has 0 aliphatic carbocycles. The lowest BCUT2D eigenvalue weighted by molar-refractivity contribution is -0.143. The lowest BCUT2D eigenvalue weighted by Gasteiger charge is -2.04. The van der Waals surface area contributed by atoms with Gasteiger partial charge >= 0.3 is 5.97 Å². The van der Waals surface area contributed by atoms with E-state index in [1.54, 1.807) is 12.3 Å². The summed E-state index contributed by atoms with van der Waals surface area (Å²) in [6, 6.07) is 9.55. The summed E-state index contributed by atoms with van der Waals surface area (Å²) in [6.45, 7) is 2.38. The highest BCUT2D eigenvalue weighted by Crippen LogP contribution is 2.17. The lowest BCUT2D eigenvalue weighted by Crippen LogP contribution is -2.29. The summed E-state index contributed by atoms with van der Waals surface area (Å²) in [6.07, 6.45) is 6.57. The summed E-state index contributed by atoms with van der Waals surface area (Å²) < 4.78 is 4.91. The van der Waals surface area contributed by atoms with Crippen LogP contribution in [0.15, 0.2) is 42.6 Å². The van der Waals surface area contributed by atoms with Crippen LogP contribution in [-0.4, -0.2) is 30.0 Å². The SMILES string of the molecule is CCCCNC(=O)COC(=O)/C=C/c1cccc2cccnc12. The van der Waals surface area contributed by atoms with Crippen LogP contribution in [-0.2, 0) is 14.3 Å². The topological polar surface area (TPSA) is 68.3 Å². The molecule has 0 fully saturated rings. The maximum Gasteiger partial charge on any atom is 0.331 e. The maximum atomic E-state index is 11.7. The number of unbranched alkanes of at least 4 members (excludes halogenated alkanes) is 1. The fourth-order valence-electron chi connectivity index (χ4n) is 2.06. The van der Waals surface area contributed by atoms with E-state index in [4.69, 9.17) is 4.74 Å². The number of aromatic nitrogens is 1. The van der Waals surface area contributed by atoms with Gasteiger partial charge in [0, 0.05) is 29.8 Å². The number of fused-ring (bicyclic) bond motifs is 1. The highest BCUT2D eigenvalue weighted by Gasteiger charge is 2.04. The van der Waals surface area contributed by atoms with Crippen LogP contribution in [0.4, 0.5) is 0 Å². The van der Waals surface area contributed by atoms with E-state index in [9.17, 15) is 9.59 Å². The minimum atomic E-state index is -0.552. The highest BCUT2D eigenvalue weighted by atomic mass is 16.5. The zero-order valence-electron chi connectivity index (χ0n) is 13.1. The summed E-state index contributed by atoms with van der Waals surface area (Å²) in [5.41, 5.74) is 1.64. The molecule has 1 heterocycles. The Bertz CT molecular complexity index is 705. The predicted octanol–water partition coefficient (Wildman–Crippen LogP) is 2.71. The van der Waals surface area contributed by atoms with Gasteiger partial charge in [-0.2, -0.15) is 0 Å². The molecule has 0 radical (unpaired) electrons. The first-order chi connectivity index (χ1) is 11.2. The van der Waals surface area contributed by atoms with Gasteiger partial charge in [-0.25, -0.2) is 4.79 Å². The number of hydrogen-bond donors (Lipinski definition) is 1. The molecule has 1 aromatic carbocycles. The standard InChI is InChI=1S/C18H20N2O3/c1-2-3-11-19-16(21)13-23-17(22)10-9-15-7-4-6-14-8-5-12-20-18(14)15/h4-10,12H,2-3,11,13H2,1H3,(H,19,21)/b10-9+. The summed E-state index contributed by atoms with van der Waals surface area (Å²) >= 11 is 0. The van der Waals surface area contributed by atoms with Crippen LogP contribution in [0.25, 0.3) is 17.0 Å². The Hall–Kier alpha value is -2.69. The van der Waals surface area contributed by atoms with Gasteiger partial charge in [0.05, 0.1) is 5.52 Å². The average Bonchev–Trinajstić information content (AvgIpc) is 2.58. The average molecular weight is 312 g/mol. The normalized spacial score (nSPS) is 10.8. The quantitative estimate of drug-likeness (QED) is 0.485. The Labute approximate surface area is 135 Å². The fraction of sp³-hybridized carbons (Fsp3) is 0.278. The third-order valence-corrected chi connectivity index (χ3v) is 3.26. The van der Waals surface area contributed by atoms with Crippen LogP contribution in [0.1, 0.15) is 25.3 Å². The third kappa shape index (κ3) is 5.21. The van der Waals surface area contributed by atoms with Crippen LogP contribution in [0, 0.1) is 0 Å². The monoisotopic (exact) mass is 312 g/mol. The molecule has 0 aliphatic heterocycles. The van der Waals surface area contributed by atoms with Crippen molar-refractivity contribution in [3.05, 3.63) is 48.2 Å². The van der Waals surface area contributed by atoms with E-state index in [1.165, 1.54) is 6.08 Å². The van der Waals surface area contributed by atoms with Crippen LogP contribution >= 0.6 is 0 Å². The number of para-hydroxylation sites is 1. The number of carbonyl (C=O) groups excluding carboxylic acids is 2. The molecule has 1 amide bonds. The number of esters is 1. The molecule has 0 atom stereocenters. The van der Waals surface area contributed by atoms with E-state index in [0.717, 1.165) is 29.3 Å². The minimum Gasteiger partial charge on any atom is -0.452 e. The molecule has 0 spiro atoms. The van der Waals surface area contributed by atoms with Gasteiger partial charge in [-0.1, -0.05) is 37.6 Å². The number of ether oxygens (including phenoxy) is 1. The van der Waals surface area contributed by atoms with Crippen molar-refractivity contribution < 1.29 is 14.3 Å². The molecule has 120 valence electrons. The van der Waals surface area contributed by atoms with Crippen molar-refractivity contribution in [2.24, 2.45) is 0 Å². The Balaban J connectivity index is 1.89. The van der Waals surface area contributed by atoms with E-state index in [1.807, 2.05) is 37.3 Å². The largest absolute Gasteiger partial charge is 0.452 e. The highest BCUT2D eigenvalue weighted by molar-refractivity contribution is 5.93. The van der Waals surface area contributed by atoms with Crippen LogP contribution < -0.4 is 5.32 Å². The summed E-state index contributed by atoms with van der Waals surface area (Å²) in [7, 11) is 0.